The Hall–Kier alpha value is -4.14. The van der Waals surface area contributed by atoms with Crippen LogP contribution in [-0.2, 0) is 19.1 Å². The number of nitriles is 1. The van der Waals surface area contributed by atoms with Gasteiger partial charge in [-0.3, -0.25) is 14.9 Å². The zero-order valence-corrected chi connectivity index (χ0v) is 18.9. The number of phenolic OH excluding ortho intramolecular Hbond substituents is 1. The molecule has 33 heavy (non-hydrogen) atoms. The van der Waals surface area contributed by atoms with Crippen LogP contribution in [0.2, 0.25) is 0 Å². The van der Waals surface area contributed by atoms with Crippen molar-refractivity contribution in [3.8, 4) is 17.6 Å². The average molecular weight is 463 g/mol. The molecule has 0 fully saturated rings. The number of phenols is 1. The summed E-state index contributed by atoms with van der Waals surface area (Å²) in [7, 11) is 0. The van der Waals surface area contributed by atoms with E-state index in [2.05, 4.69) is 0 Å². The van der Waals surface area contributed by atoms with Crippen molar-refractivity contribution in [3.63, 3.8) is 0 Å². The molecule has 0 aliphatic rings. The first kappa shape index (κ1) is 26.9. The lowest BCUT2D eigenvalue weighted by Crippen LogP contribution is -2.39. The molecule has 1 amide bonds. The normalized spacial score (nSPS) is 11.2. The molecule has 0 aliphatic heterocycles. The Bertz CT molecular complexity index is 1000. The van der Waals surface area contributed by atoms with Gasteiger partial charge in [-0.05, 0) is 52.3 Å². The molecule has 0 saturated heterocycles. The zero-order chi connectivity index (χ0) is 25.3. The second-order valence-electron chi connectivity index (χ2n) is 6.98. The highest BCUT2D eigenvalue weighted by atomic mass is 16.7. The van der Waals surface area contributed by atoms with Gasteiger partial charge in [-0.1, -0.05) is 0 Å². The van der Waals surface area contributed by atoms with E-state index in [9.17, 15) is 34.9 Å². The number of nitro groups is 1. The SMILES string of the molecule is CCOC(=O)C(C)(C)OC(=O)Oc1cc(/C=C(\C#N)C(=O)N(CC)CC)cc([N+](=O)[O-])c1O. The number of likely N-dealkylation sites (N-methyl/N-ethyl adjacent to an activating group) is 1. The summed E-state index contributed by atoms with van der Waals surface area (Å²) < 4.78 is 14.6. The lowest BCUT2D eigenvalue weighted by molar-refractivity contribution is -0.385. The number of nitro benzene ring substituents is 1. The van der Waals surface area contributed by atoms with E-state index in [1.807, 2.05) is 0 Å². The van der Waals surface area contributed by atoms with Crippen molar-refractivity contribution in [1.29, 1.82) is 5.26 Å². The third kappa shape index (κ3) is 6.93. The Morgan fingerprint density at radius 2 is 1.85 bits per heavy atom. The van der Waals surface area contributed by atoms with Gasteiger partial charge in [0, 0.05) is 19.2 Å². The summed E-state index contributed by atoms with van der Waals surface area (Å²) >= 11 is 0. The molecule has 1 aromatic rings. The molecule has 0 spiro atoms. The van der Waals surface area contributed by atoms with E-state index < -0.39 is 45.7 Å². The van der Waals surface area contributed by atoms with Crippen molar-refractivity contribution >= 4 is 29.8 Å². The number of esters is 1. The van der Waals surface area contributed by atoms with Crippen LogP contribution in [-0.4, -0.2) is 58.3 Å². The van der Waals surface area contributed by atoms with Crippen molar-refractivity contribution in [2.45, 2.75) is 40.2 Å². The third-order valence-electron chi connectivity index (χ3n) is 4.29. The highest BCUT2D eigenvalue weighted by Gasteiger charge is 2.35. The van der Waals surface area contributed by atoms with Crippen LogP contribution in [0.5, 0.6) is 11.5 Å². The van der Waals surface area contributed by atoms with E-state index in [0.29, 0.717) is 13.1 Å². The smallest absolute Gasteiger partial charge is 0.499 e. The molecular weight excluding hydrogens is 438 g/mol. The molecule has 12 heteroatoms. The number of rotatable bonds is 9. The minimum absolute atomic E-state index is 0.0372. The number of benzene rings is 1. The van der Waals surface area contributed by atoms with Crippen molar-refractivity contribution in [2.24, 2.45) is 0 Å². The predicted octanol–water partition coefficient (Wildman–Crippen LogP) is 2.93. The molecule has 1 aromatic carbocycles. The van der Waals surface area contributed by atoms with E-state index in [1.54, 1.807) is 26.8 Å². The average Bonchev–Trinajstić information content (AvgIpc) is 2.74. The van der Waals surface area contributed by atoms with E-state index in [4.69, 9.17) is 14.2 Å². The van der Waals surface area contributed by atoms with E-state index >= 15 is 0 Å². The molecule has 178 valence electrons. The van der Waals surface area contributed by atoms with Crippen molar-refractivity contribution in [1.82, 2.24) is 4.90 Å². The minimum atomic E-state index is -1.74. The number of carbonyl (C=O) groups is 3. The second-order valence-corrected chi connectivity index (χ2v) is 6.98. The molecular formula is C21H25N3O9. The molecule has 0 saturated carbocycles. The number of carbonyl (C=O) groups excluding carboxylic acids is 3. The monoisotopic (exact) mass is 463 g/mol. The number of aromatic hydroxyl groups is 1. The van der Waals surface area contributed by atoms with E-state index in [0.717, 1.165) is 18.2 Å². The lowest BCUT2D eigenvalue weighted by atomic mass is 10.1. The standard InChI is InChI=1S/C21H25N3O9/c1-6-23(7-2)18(26)14(12-22)9-13-10-15(24(29)30)17(25)16(11-13)32-20(28)33-21(4,5)19(27)31-8-3/h9-11,25H,6-8H2,1-5H3/b14-9+. The van der Waals surface area contributed by atoms with Gasteiger partial charge in [-0.2, -0.15) is 5.26 Å². The molecule has 1 rings (SSSR count). The van der Waals surface area contributed by atoms with Crippen molar-refractivity contribution < 1.29 is 38.6 Å². The molecule has 0 aromatic heterocycles. The fraction of sp³-hybridized carbons (Fsp3) is 0.429. The summed E-state index contributed by atoms with van der Waals surface area (Å²) in [6, 6.07) is 3.65. The van der Waals surface area contributed by atoms with Gasteiger partial charge in [0.2, 0.25) is 11.4 Å². The van der Waals surface area contributed by atoms with E-state index in [1.165, 1.54) is 18.7 Å². The topological polar surface area (TPSA) is 169 Å². The van der Waals surface area contributed by atoms with Crippen molar-refractivity contribution in [3.05, 3.63) is 33.4 Å². The van der Waals surface area contributed by atoms with Crippen LogP contribution in [0.4, 0.5) is 10.5 Å². The predicted molar refractivity (Wildman–Crippen MR) is 114 cm³/mol. The number of hydrogen-bond donors (Lipinski definition) is 1. The first-order valence-electron chi connectivity index (χ1n) is 9.92. The molecule has 12 nitrogen and oxygen atoms in total. The van der Waals surface area contributed by atoms with Crippen LogP contribution >= 0.6 is 0 Å². The van der Waals surface area contributed by atoms with Crippen LogP contribution in [0, 0.1) is 21.4 Å². The number of nitrogens with zero attached hydrogens (tertiary/aromatic N) is 3. The first-order valence-corrected chi connectivity index (χ1v) is 9.92. The van der Waals surface area contributed by atoms with Gasteiger partial charge in [0.15, 0.2) is 5.75 Å². The Balaban J connectivity index is 3.37. The highest BCUT2D eigenvalue weighted by Crippen LogP contribution is 2.38. The van der Waals surface area contributed by atoms with Gasteiger partial charge in [0.05, 0.1) is 11.5 Å². The molecule has 0 unspecified atom stereocenters. The summed E-state index contributed by atoms with van der Waals surface area (Å²) in [5.41, 5.74) is -2.97. The van der Waals surface area contributed by atoms with Gasteiger partial charge < -0.3 is 24.2 Å². The fourth-order valence-electron chi connectivity index (χ4n) is 2.57. The molecule has 1 N–H and O–H groups in total. The second kappa shape index (κ2) is 11.5. The number of ether oxygens (including phenoxy) is 3. The lowest BCUT2D eigenvalue weighted by Gasteiger charge is -2.22. The van der Waals surface area contributed by atoms with Crippen LogP contribution in [0.1, 0.15) is 40.2 Å². The van der Waals surface area contributed by atoms with Crippen LogP contribution < -0.4 is 4.74 Å². The zero-order valence-electron chi connectivity index (χ0n) is 18.9. The maximum atomic E-state index is 12.5. The summed E-state index contributed by atoms with van der Waals surface area (Å²) in [5.74, 6) is -3.12. The van der Waals surface area contributed by atoms with Crippen LogP contribution in [0.3, 0.4) is 0 Å². The maximum Gasteiger partial charge on any atom is 0.515 e. The van der Waals surface area contributed by atoms with Crippen LogP contribution in [0.25, 0.3) is 6.08 Å². The summed E-state index contributed by atoms with van der Waals surface area (Å²) in [5, 5.41) is 30.9. The maximum absolute atomic E-state index is 12.5. The van der Waals surface area contributed by atoms with Crippen LogP contribution in [0.15, 0.2) is 17.7 Å². The molecule has 0 bridgehead atoms. The molecule has 0 aliphatic carbocycles. The van der Waals surface area contributed by atoms with Gasteiger partial charge in [-0.15, -0.1) is 0 Å². The Labute approximate surface area is 190 Å². The van der Waals surface area contributed by atoms with Gasteiger partial charge >= 0.3 is 17.8 Å². The van der Waals surface area contributed by atoms with Crippen molar-refractivity contribution in [2.75, 3.05) is 19.7 Å². The minimum Gasteiger partial charge on any atom is -0.499 e. The first-order chi connectivity index (χ1) is 15.4. The molecule has 0 heterocycles. The quantitative estimate of drug-likeness (QED) is 0.143. The molecule has 0 radical (unpaired) electrons. The van der Waals surface area contributed by atoms with Gasteiger partial charge in [0.1, 0.15) is 11.6 Å². The Morgan fingerprint density at radius 3 is 2.33 bits per heavy atom. The summed E-state index contributed by atoms with van der Waals surface area (Å²) in [4.78, 5) is 48.3. The van der Waals surface area contributed by atoms with E-state index in [-0.39, 0.29) is 17.7 Å². The Morgan fingerprint density at radius 1 is 1.24 bits per heavy atom. The molecule has 0 atom stereocenters. The summed E-state index contributed by atoms with van der Waals surface area (Å²) in [6.45, 7) is 8.19. The summed E-state index contributed by atoms with van der Waals surface area (Å²) in [6.07, 6.45) is -0.382. The Kier molecular flexibility index (Phi) is 9.35. The largest absolute Gasteiger partial charge is 0.515 e. The van der Waals surface area contributed by atoms with Gasteiger partial charge in [-0.25, -0.2) is 9.59 Å². The van der Waals surface area contributed by atoms with Gasteiger partial charge in [0.25, 0.3) is 5.91 Å². The highest BCUT2D eigenvalue weighted by molar-refractivity contribution is 6.01. The third-order valence-corrected chi connectivity index (χ3v) is 4.29. The number of amides is 1. The fourth-order valence-corrected chi connectivity index (χ4v) is 2.57. The number of hydrogen-bond acceptors (Lipinski definition) is 10.